The summed E-state index contributed by atoms with van der Waals surface area (Å²) in [5.41, 5.74) is 1.00. The van der Waals surface area contributed by atoms with Crippen LogP contribution in [-0.4, -0.2) is 42.4 Å². The number of carboxylic acids is 1. The fraction of sp³-hybridized carbons (Fsp3) is 0.0455. The Hall–Kier alpha value is -4.24. The number of aromatic hydroxyl groups is 1. The fourth-order valence-corrected chi connectivity index (χ4v) is 3.50. The number of carboxylic acid groups (broad SMARTS) is 1. The number of benzene rings is 2. The van der Waals surface area contributed by atoms with Crippen molar-refractivity contribution < 1.29 is 19.8 Å². The Morgan fingerprint density at radius 1 is 1.16 bits per heavy atom. The molecular weight excluding hydrogens is 434 g/mol. The lowest BCUT2D eigenvalue weighted by atomic mass is 9.98. The fourth-order valence-electron chi connectivity index (χ4n) is 3.30. The van der Waals surface area contributed by atoms with Crippen LogP contribution in [0, 0.1) is 6.92 Å². The molecule has 4 N–H and O–H groups in total. The number of nitrogens with two attached hydrogens (primary N) is 1. The van der Waals surface area contributed by atoms with Crippen molar-refractivity contribution in [2.24, 2.45) is 10.9 Å². The third-order valence-corrected chi connectivity index (χ3v) is 5.21. The zero-order valence-corrected chi connectivity index (χ0v) is 17.4. The van der Waals surface area contributed by atoms with Gasteiger partial charge < -0.3 is 16.1 Å². The second kappa shape index (κ2) is 8.12. The molecule has 0 amide bonds. The van der Waals surface area contributed by atoms with E-state index in [0.717, 1.165) is 0 Å². The minimum Gasteiger partial charge on any atom is -0.505 e. The molecular formula is C22H16ClN5O4. The van der Waals surface area contributed by atoms with Crippen molar-refractivity contribution in [3.05, 3.63) is 82.1 Å². The molecule has 2 heterocycles. The number of halogens is 1. The maximum absolute atomic E-state index is 13.1. The molecule has 10 heteroatoms. The molecule has 0 bridgehead atoms. The molecule has 4 aromatic rings. The number of aromatic nitrogens is 3. The van der Waals surface area contributed by atoms with E-state index in [0.29, 0.717) is 16.6 Å². The van der Waals surface area contributed by atoms with Gasteiger partial charge in [0.25, 0.3) is 0 Å². The predicted molar refractivity (Wildman–Crippen MR) is 119 cm³/mol. The van der Waals surface area contributed by atoms with Gasteiger partial charge >= 0.3 is 5.97 Å². The van der Waals surface area contributed by atoms with Gasteiger partial charge in [-0.2, -0.15) is 5.10 Å². The summed E-state index contributed by atoms with van der Waals surface area (Å²) in [5.74, 6) is 3.64. The maximum Gasteiger partial charge on any atom is 0.337 e. The number of Topliss-reactive ketones (excluding diaryl/α,β-unsaturated/α-hetero) is 1. The van der Waals surface area contributed by atoms with E-state index in [1.54, 1.807) is 43.3 Å². The topological polar surface area (TPSA) is 144 Å². The Bertz CT molecular complexity index is 1410. The number of aryl methyl sites for hydroxylation is 1. The second-order valence-electron chi connectivity index (χ2n) is 6.87. The quantitative estimate of drug-likeness (QED) is 0.183. The lowest BCUT2D eigenvalue weighted by Crippen LogP contribution is -2.19. The van der Waals surface area contributed by atoms with Gasteiger partial charge in [-0.15, -0.1) is 5.10 Å². The standard InChI is InChI=1S/C22H16ClN5O4/c1-11-19(29)17(18(26-24)20(30)12-5-3-2-4-6-12)15-10-28(27-21(15)25-11)13-7-8-16(23)14(9-13)22(31)32/h2-10,29H,24H2,1H3,(H,31,32). The second-order valence-corrected chi connectivity index (χ2v) is 7.28. The Labute approximate surface area is 186 Å². The molecule has 0 aliphatic heterocycles. The summed E-state index contributed by atoms with van der Waals surface area (Å²) in [7, 11) is 0. The Morgan fingerprint density at radius 2 is 1.88 bits per heavy atom. The Balaban J connectivity index is 1.92. The third kappa shape index (κ3) is 3.54. The first-order chi connectivity index (χ1) is 15.3. The highest BCUT2D eigenvalue weighted by Crippen LogP contribution is 2.31. The van der Waals surface area contributed by atoms with E-state index in [2.05, 4.69) is 15.2 Å². The molecule has 0 atom stereocenters. The number of hydrazone groups is 1. The van der Waals surface area contributed by atoms with Crippen molar-refractivity contribution in [1.29, 1.82) is 0 Å². The highest BCUT2D eigenvalue weighted by atomic mass is 35.5. The van der Waals surface area contributed by atoms with Gasteiger partial charge in [-0.1, -0.05) is 41.9 Å². The van der Waals surface area contributed by atoms with Crippen LogP contribution >= 0.6 is 11.6 Å². The monoisotopic (exact) mass is 449 g/mol. The molecule has 0 aliphatic rings. The van der Waals surface area contributed by atoms with Crippen molar-refractivity contribution >= 4 is 40.1 Å². The largest absolute Gasteiger partial charge is 0.505 e. The van der Waals surface area contributed by atoms with E-state index in [9.17, 15) is 19.8 Å². The number of nitrogens with zero attached hydrogens (tertiary/aromatic N) is 4. The van der Waals surface area contributed by atoms with Crippen LogP contribution in [0.3, 0.4) is 0 Å². The van der Waals surface area contributed by atoms with E-state index in [1.165, 1.54) is 23.0 Å². The number of aromatic carboxylic acids is 1. The van der Waals surface area contributed by atoms with Crippen LogP contribution in [-0.2, 0) is 0 Å². The third-order valence-electron chi connectivity index (χ3n) is 4.88. The first-order valence-corrected chi connectivity index (χ1v) is 9.69. The lowest BCUT2D eigenvalue weighted by Gasteiger charge is -2.09. The summed E-state index contributed by atoms with van der Waals surface area (Å²) in [6.45, 7) is 1.56. The molecule has 0 spiro atoms. The van der Waals surface area contributed by atoms with Gasteiger partial charge in [-0.3, -0.25) is 4.79 Å². The highest BCUT2D eigenvalue weighted by molar-refractivity contribution is 6.53. The molecule has 0 radical (unpaired) electrons. The van der Waals surface area contributed by atoms with Crippen LogP contribution in [0.2, 0.25) is 5.02 Å². The summed E-state index contributed by atoms with van der Waals surface area (Å²) in [5, 5.41) is 28.5. The van der Waals surface area contributed by atoms with Gasteiger partial charge in [0, 0.05) is 11.8 Å². The first kappa shape index (κ1) is 21.0. The summed E-state index contributed by atoms with van der Waals surface area (Å²) in [6, 6.07) is 12.8. The van der Waals surface area contributed by atoms with Crippen molar-refractivity contribution in [3.63, 3.8) is 0 Å². The smallest absolute Gasteiger partial charge is 0.337 e. The SMILES string of the molecule is Cc1nc2nn(-c3ccc(Cl)c(C(=O)O)c3)cc2c(C(=NN)C(=O)c2ccccc2)c1O. The van der Waals surface area contributed by atoms with Gasteiger partial charge in [0.2, 0.25) is 5.78 Å². The van der Waals surface area contributed by atoms with Crippen LogP contribution in [0.4, 0.5) is 0 Å². The summed E-state index contributed by atoms with van der Waals surface area (Å²) in [4.78, 5) is 28.8. The number of hydrogen-bond donors (Lipinski definition) is 3. The summed E-state index contributed by atoms with van der Waals surface area (Å²) in [6.07, 6.45) is 1.51. The van der Waals surface area contributed by atoms with Crippen LogP contribution in [0.15, 0.2) is 59.8 Å². The number of rotatable bonds is 5. The van der Waals surface area contributed by atoms with E-state index >= 15 is 0 Å². The van der Waals surface area contributed by atoms with Crippen molar-refractivity contribution in [3.8, 4) is 11.4 Å². The molecule has 0 fully saturated rings. The zero-order valence-electron chi connectivity index (χ0n) is 16.7. The van der Waals surface area contributed by atoms with Gasteiger partial charge in [0.05, 0.1) is 32.9 Å². The van der Waals surface area contributed by atoms with Crippen molar-refractivity contribution in [2.45, 2.75) is 6.92 Å². The lowest BCUT2D eigenvalue weighted by molar-refractivity contribution is 0.0697. The average molecular weight is 450 g/mol. The van der Waals surface area contributed by atoms with Crippen LogP contribution < -0.4 is 5.84 Å². The van der Waals surface area contributed by atoms with Gasteiger partial charge in [-0.25, -0.2) is 14.5 Å². The first-order valence-electron chi connectivity index (χ1n) is 9.32. The normalized spacial score (nSPS) is 11.6. The van der Waals surface area contributed by atoms with E-state index in [1.807, 2.05) is 0 Å². The average Bonchev–Trinajstić information content (AvgIpc) is 3.20. The molecule has 32 heavy (non-hydrogen) atoms. The van der Waals surface area contributed by atoms with Gasteiger partial charge in [0.15, 0.2) is 5.65 Å². The molecule has 0 saturated heterocycles. The van der Waals surface area contributed by atoms with Crippen LogP contribution in [0.1, 0.15) is 32.0 Å². The van der Waals surface area contributed by atoms with Crippen LogP contribution in [0.25, 0.3) is 16.7 Å². The van der Waals surface area contributed by atoms with Crippen molar-refractivity contribution in [1.82, 2.24) is 14.8 Å². The molecule has 160 valence electrons. The summed E-state index contributed by atoms with van der Waals surface area (Å²) < 4.78 is 1.38. The van der Waals surface area contributed by atoms with E-state index in [4.69, 9.17) is 17.4 Å². The highest BCUT2D eigenvalue weighted by Gasteiger charge is 2.25. The number of fused-ring (bicyclic) bond motifs is 1. The predicted octanol–water partition coefficient (Wildman–Crippen LogP) is 3.33. The number of ketones is 1. The number of carbonyl (C=O) groups is 2. The summed E-state index contributed by atoms with van der Waals surface area (Å²) >= 11 is 5.95. The van der Waals surface area contributed by atoms with E-state index < -0.39 is 11.8 Å². The Morgan fingerprint density at radius 3 is 2.53 bits per heavy atom. The van der Waals surface area contributed by atoms with Crippen LogP contribution in [0.5, 0.6) is 5.75 Å². The zero-order chi connectivity index (χ0) is 23.0. The molecule has 0 unspecified atom stereocenters. The Kier molecular flexibility index (Phi) is 5.33. The molecule has 2 aromatic carbocycles. The molecule has 9 nitrogen and oxygen atoms in total. The van der Waals surface area contributed by atoms with Gasteiger partial charge in [0.1, 0.15) is 11.5 Å². The van der Waals surface area contributed by atoms with Crippen molar-refractivity contribution in [2.75, 3.05) is 0 Å². The molecule has 4 rings (SSSR count). The van der Waals surface area contributed by atoms with E-state index in [-0.39, 0.29) is 39.0 Å². The number of carbonyl (C=O) groups excluding carboxylic acids is 1. The number of hydrogen-bond acceptors (Lipinski definition) is 7. The molecule has 2 aromatic heterocycles. The maximum atomic E-state index is 13.1. The minimum atomic E-state index is -1.19. The van der Waals surface area contributed by atoms with Gasteiger partial charge in [-0.05, 0) is 25.1 Å². The molecule has 0 saturated carbocycles. The minimum absolute atomic E-state index is 0.0799. The molecule has 0 aliphatic carbocycles. The number of pyridine rings is 1.